The maximum atomic E-state index is 2.53. The average Bonchev–Trinajstić information content (AvgIpc) is 3.81. The van der Waals surface area contributed by atoms with Crippen LogP contribution in [0.5, 0.6) is 0 Å². The molecule has 282 valence electrons. The summed E-state index contributed by atoms with van der Waals surface area (Å²) in [6.45, 7) is 0. The lowest BCUT2D eigenvalue weighted by Crippen LogP contribution is -2.26. The number of hydrogen-bond acceptors (Lipinski definition) is 0. The lowest BCUT2D eigenvalue weighted by atomic mass is 9.68. The van der Waals surface area contributed by atoms with Gasteiger partial charge in [0, 0.05) is 0 Å². The Balaban J connectivity index is 1.13. The summed E-state index contributed by atoms with van der Waals surface area (Å²) in [5.74, 6) is 0. The second kappa shape index (κ2) is 13.1. The fourth-order valence-electron chi connectivity index (χ4n) is 11.0. The normalized spacial score (nSPS) is 13.0. The number of rotatable bonds is 4. The molecule has 0 heterocycles. The molecular weight excluding hydrogens is 733 g/mol. The van der Waals surface area contributed by atoms with Crippen molar-refractivity contribution in [2.45, 2.75) is 5.41 Å². The molecule has 0 bridgehead atoms. The van der Waals surface area contributed by atoms with Gasteiger partial charge in [-0.2, -0.15) is 0 Å². The molecule has 2 aliphatic carbocycles. The molecule has 0 atom stereocenters. The van der Waals surface area contributed by atoms with Crippen molar-refractivity contribution in [2.24, 2.45) is 0 Å². The first kappa shape index (κ1) is 34.1. The van der Waals surface area contributed by atoms with Gasteiger partial charge in [-0.05, 0) is 133 Å². The highest BCUT2D eigenvalue weighted by Gasteiger charge is 2.53. The molecule has 0 unspecified atom stereocenters. The lowest BCUT2D eigenvalue weighted by Gasteiger charge is -2.33. The molecule has 0 aliphatic heterocycles. The first-order valence-electron chi connectivity index (χ1n) is 21.3. The van der Waals surface area contributed by atoms with Crippen LogP contribution >= 0.6 is 0 Å². The van der Waals surface area contributed by atoms with E-state index in [2.05, 4.69) is 231 Å². The fraction of sp³-hybridized carbons (Fsp3) is 0.0164. The minimum atomic E-state index is -0.580. The summed E-state index contributed by atoms with van der Waals surface area (Å²) in [4.78, 5) is 0. The molecule has 11 aromatic rings. The molecule has 13 rings (SSSR count). The summed E-state index contributed by atoms with van der Waals surface area (Å²) in [5.41, 5.74) is 19.9. The van der Waals surface area contributed by atoms with Gasteiger partial charge in [-0.3, -0.25) is 0 Å². The van der Waals surface area contributed by atoms with E-state index in [0.717, 1.165) is 0 Å². The zero-order valence-electron chi connectivity index (χ0n) is 33.4. The van der Waals surface area contributed by atoms with Gasteiger partial charge in [0.05, 0.1) is 5.41 Å². The van der Waals surface area contributed by atoms with Gasteiger partial charge in [-0.25, -0.2) is 0 Å². The third-order valence-electron chi connectivity index (χ3n) is 13.7. The Hall–Kier alpha value is -7.80. The molecule has 0 radical (unpaired) electrons. The molecule has 0 aromatic heterocycles. The van der Waals surface area contributed by atoms with Crippen LogP contribution in [0.1, 0.15) is 22.3 Å². The third kappa shape index (κ3) is 4.88. The summed E-state index contributed by atoms with van der Waals surface area (Å²) in [6, 6.07) is 86.2. The van der Waals surface area contributed by atoms with E-state index in [9.17, 15) is 0 Å². The highest BCUT2D eigenvalue weighted by Crippen LogP contribution is 2.66. The number of hydrogen-bond donors (Lipinski definition) is 0. The molecule has 61 heavy (non-hydrogen) atoms. The SMILES string of the molecule is c1ccc(-c2ccc(-c3ccc4c(c3)C3(c5cc(-c6ccc(-c7ccccc7)cc6)ccc5-4)c4ccccc4-c4c3c3c5ccccc5ccc3c3ccccc43)cc2)cc1. The van der Waals surface area contributed by atoms with Crippen molar-refractivity contribution in [1.29, 1.82) is 0 Å². The van der Waals surface area contributed by atoms with E-state index < -0.39 is 5.41 Å². The molecule has 1 spiro atoms. The van der Waals surface area contributed by atoms with Crippen LogP contribution in [0.2, 0.25) is 0 Å². The second-order valence-corrected chi connectivity index (χ2v) is 16.7. The molecule has 0 nitrogen and oxygen atoms in total. The molecular formula is C61H38. The van der Waals surface area contributed by atoms with Crippen molar-refractivity contribution >= 4 is 32.3 Å². The van der Waals surface area contributed by atoms with Gasteiger partial charge in [-0.15, -0.1) is 0 Å². The molecule has 0 fully saturated rings. The zero-order chi connectivity index (χ0) is 40.1. The maximum absolute atomic E-state index is 2.53. The minimum Gasteiger partial charge on any atom is -0.0622 e. The minimum absolute atomic E-state index is 0.580. The molecule has 0 heteroatoms. The maximum Gasteiger partial charge on any atom is 0.0732 e. The molecule has 0 amide bonds. The van der Waals surface area contributed by atoms with Crippen LogP contribution in [0.4, 0.5) is 0 Å². The third-order valence-corrected chi connectivity index (χ3v) is 13.7. The van der Waals surface area contributed by atoms with Crippen LogP contribution in [0.15, 0.2) is 231 Å². The van der Waals surface area contributed by atoms with Crippen molar-refractivity contribution in [1.82, 2.24) is 0 Å². The summed E-state index contributed by atoms with van der Waals surface area (Å²) in [7, 11) is 0. The van der Waals surface area contributed by atoms with Gasteiger partial charge in [0.1, 0.15) is 0 Å². The predicted octanol–water partition coefficient (Wildman–Crippen LogP) is 16.2. The van der Waals surface area contributed by atoms with Gasteiger partial charge in [0.15, 0.2) is 0 Å². The Labute approximate surface area is 355 Å². The van der Waals surface area contributed by atoms with E-state index in [1.807, 2.05) is 0 Å². The van der Waals surface area contributed by atoms with Crippen LogP contribution in [0.25, 0.3) is 99.1 Å². The monoisotopic (exact) mass is 770 g/mol. The van der Waals surface area contributed by atoms with E-state index in [4.69, 9.17) is 0 Å². The molecule has 0 saturated heterocycles. The first-order chi connectivity index (χ1) is 30.3. The Morgan fingerprint density at radius 2 is 0.689 bits per heavy atom. The van der Waals surface area contributed by atoms with E-state index in [0.29, 0.717) is 0 Å². The Bertz CT molecular complexity index is 3410. The lowest BCUT2D eigenvalue weighted by molar-refractivity contribution is 0.803. The van der Waals surface area contributed by atoms with E-state index in [-0.39, 0.29) is 0 Å². The van der Waals surface area contributed by atoms with Crippen molar-refractivity contribution < 1.29 is 0 Å². The van der Waals surface area contributed by atoms with Crippen molar-refractivity contribution in [3.05, 3.63) is 253 Å². The topological polar surface area (TPSA) is 0 Å². The highest BCUT2D eigenvalue weighted by molar-refractivity contribution is 6.26. The molecule has 11 aromatic carbocycles. The van der Waals surface area contributed by atoms with Crippen LogP contribution in [-0.4, -0.2) is 0 Å². The molecule has 0 saturated carbocycles. The predicted molar refractivity (Wildman–Crippen MR) is 257 cm³/mol. The van der Waals surface area contributed by atoms with Gasteiger partial charge in [0.2, 0.25) is 0 Å². The number of benzene rings is 11. The summed E-state index contributed by atoms with van der Waals surface area (Å²) in [6.07, 6.45) is 0. The van der Waals surface area contributed by atoms with Crippen molar-refractivity contribution in [3.8, 4) is 66.8 Å². The summed E-state index contributed by atoms with van der Waals surface area (Å²) < 4.78 is 0. The van der Waals surface area contributed by atoms with Gasteiger partial charge in [-0.1, -0.05) is 218 Å². The van der Waals surface area contributed by atoms with Gasteiger partial charge < -0.3 is 0 Å². The quantitative estimate of drug-likeness (QED) is 0.156. The standard InChI is InChI=1S/C61H38/c1-3-13-39(14-4-1)41-23-27-43(28-24-41)46-32-34-50-51-35-33-47(44-29-25-42(26-30-44)40-15-5-2-6-16-40)38-57(51)61(56(50)37-46)55-22-12-11-21-54(55)59-52-20-10-9-19-49(52)53-36-31-45-17-7-8-18-48(45)58(53)60(59)61/h1-38H. The molecule has 2 aliphatic rings. The molecule has 0 N–H and O–H groups in total. The van der Waals surface area contributed by atoms with Crippen LogP contribution in [-0.2, 0) is 5.41 Å². The zero-order valence-corrected chi connectivity index (χ0v) is 33.4. The summed E-state index contributed by atoms with van der Waals surface area (Å²) >= 11 is 0. The fourth-order valence-corrected chi connectivity index (χ4v) is 11.0. The first-order valence-corrected chi connectivity index (χ1v) is 21.3. The van der Waals surface area contributed by atoms with E-state index in [1.54, 1.807) is 0 Å². The van der Waals surface area contributed by atoms with Gasteiger partial charge in [0.25, 0.3) is 0 Å². The van der Waals surface area contributed by atoms with Crippen LogP contribution in [0.3, 0.4) is 0 Å². The van der Waals surface area contributed by atoms with E-state index >= 15 is 0 Å². The van der Waals surface area contributed by atoms with Crippen molar-refractivity contribution in [2.75, 3.05) is 0 Å². The highest BCUT2D eigenvalue weighted by atomic mass is 14.5. The van der Waals surface area contributed by atoms with Gasteiger partial charge >= 0.3 is 0 Å². The number of fused-ring (bicyclic) bond motifs is 17. The average molecular weight is 771 g/mol. The van der Waals surface area contributed by atoms with Crippen LogP contribution in [0, 0.1) is 0 Å². The second-order valence-electron chi connectivity index (χ2n) is 16.7. The Morgan fingerprint density at radius 3 is 1.28 bits per heavy atom. The van der Waals surface area contributed by atoms with E-state index in [1.165, 1.54) is 121 Å². The smallest absolute Gasteiger partial charge is 0.0622 e. The Morgan fingerprint density at radius 1 is 0.246 bits per heavy atom. The van der Waals surface area contributed by atoms with Crippen molar-refractivity contribution in [3.63, 3.8) is 0 Å². The Kier molecular flexibility index (Phi) is 7.32. The largest absolute Gasteiger partial charge is 0.0732 e. The summed E-state index contributed by atoms with van der Waals surface area (Å²) in [5, 5.41) is 7.81. The van der Waals surface area contributed by atoms with Crippen LogP contribution < -0.4 is 0 Å².